The lowest BCUT2D eigenvalue weighted by atomic mass is 10.2. The van der Waals surface area contributed by atoms with Crippen LogP contribution in [0.1, 0.15) is 18.4 Å². The monoisotopic (exact) mass is 301 g/mol. The van der Waals surface area contributed by atoms with E-state index in [1.807, 2.05) is 0 Å². The van der Waals surface area contributed by atoms with Gasteiger partial charge in [-0.25, -0.2) is 0 Å². The van der Waals surface area contributed by atoms with Crippen molar-refractivity contribution < 1.29 is 14.7 Å². The van der Waals surface area contributed by atoms with Gasteiger partial charge in [-0.05, 0) is 30.2 Å². The first-order valence-corrected chi connectivity index (χ1v) is 6.37. The second kappa shape index (κ2) is 7.81. The third-order valence-corrected chi connectivity index (χ3v) is 2.81. The van der Waals surface area contributed by atoms with Crippen molar-refractivity contribution >= 4 is 41.2 Å². The fourth-order valence-electron chi connectivity index (χ4n) is 1.31. The van der Waals surface area contributed by atoms with Gasteiger partial charge in [-0.3, -0.25) is 9.59 Å². The molecule has 0 bridgehead atoms. The summed E-state index contributed by atoms with van der Waals surface area (Å²) in [5, 5.41) is 12.0. The van der Waals surface area contributed by atoms with Crippen LogP contribution in [0.5, 0.6) is 0 Å². The molecule has 0 saturated heterocycles. The molecular formula is C13H13Cl2NO3. The van der Waals surface area contributed by atoms with Gasteiger partial charge in [0.2, 0.25) is 5.91 Å². The molecule has 0 aromatic heterocycles. The third-order valence-electron chi connectivity index (χ3n) is 2.24. The minimum absolute atomic E-state index is 0.0347. The lowest BCUT2D eigenvalue weighted by Gasteiger charge is -2.01. The SMILES string of the molecule is O=C(O)CCCNC(=O)C=Cc1ccc(Cl)cc1Cl. The summed E-state index contributed by atoms with van der Waals surface area (Å²) in [6, 6.07) is 4.98. The number of carbonyl (C=O) groups excluding carboxylic acids is 1. The highest BCUT2D eigenvalue weighted by Gasteiger charge is 2.00. The van der Waals surface area contributed by atoms with Gasteiger partial charge in [0.1, 0.15) is 0 Å². The highest BCUT2D eigenvalue weighted by molar-refractivity contribution is 6.35. The fourth-order valence-corrected chi connectivity index (χ4v) is 1.78. The lowest BCUT2D eigenvalue weighted by Crippen LogP contribution is -2.22. The van der Waals surface area contributed by atoms with Gasteiger partial charge < -0.3 is 10.4 Å². The Morgan fingerprint density at radius 3 is 2.68 bits per heavy atom. The van der Waals surface area contributed by atoms with Crippen LogP contribution in [-0.4, -0.2) is 23.5 Å². The summed E-state index contributed by atoms with van der Waals surface area (Å²) < 4.78 is 0. The Kier molecular flexibility index (Phi) is 6.39. The van der Waals surface area contributed by atoms with Gasteiger partial charge in [-0.1, -0.05) is 29.3 Å². The summed E-state index contributed by atoms with van der Waals surface area (Å²) in [7, 11) is 0. The lowest BCUT2D eigenvalue weighted by molar-refractivity contribution is -0.137. The summed E-state index contributed by atoms with van der Waals surface area (Å²) in [5.74, 6) is -1.17. The van der Waals surface area contributed by atoms with Gasteiger partial charge in [0, 0.05) is 29.1 Å². The van der Waals surface area contributed by atoms with E-state index in [0.29, 0.717) is 28.6 Å². The van der Waals surface area contributed by atoms with Crippen molar-refractivity contribution in [2.75, 3.05) is 6.54 Å². The highest BCUT2D eigenvalue weighted by Crippen LogP contribution is 2.21. The maximum absolute atomic E-state index is 11.4. The van der Waals surface area contributed by atoms with Crippen LogP contribution in [0.15, 0.2) is 24.3 Å². The van der Waals surface area contributed by atoms with E-state index in [2.05, 4.69) is 5.32 Å². The van der Waals surface area contributed by atoms with Crippen LogP contribution in [0.3, 0.4) is 0 Å². The Balaban J connectivity index is 2.43. The van der Waals surface area contributed by atoms with E-state index < -0.39 is 5.97 Å². The van der Waals surface area contributed by atoms with Crippen molar-refractivity contribution in [2.24, 2.45) is 0 Å². The molecule has 0 radical (unpaired) electrons. The molecule has 1 aromatic rings. The average Bonchev–Trinajstić information content (AvgIpc) is 2.33. The first kappa shape index (κ1) is 15.5. The molecule has 1 amide bonds. The van der Waals surface area contributed by atoms with Gasteiger partial charge in [-0.2, -0.15) is 0 Å². The molecule has 1 rings (SSSR count). The number of benzene rings is 1. The van der Waals surface area contributed by atoms with Crippen molar-refractivity contribution in [3.05, 3.63) is 39.9 Å². The van der Waals surface area contributed by atoms with Crippen LogP contribution in [0, 0.1) is 0 Å². The van der Waals surface area contributed by atoms with Gasteiger partial charge in [0.25, 0.3) is 0 Å². The average molecular weight is 302 g/mol. The molecule has 0 saturated carbocycles. The van der Waals surface area contributed by atoms with E-state index in [4.69, 9.17) is 28.3 Å². The largest absolute Gasteiger partial charge is 0.481 e. The summed E-state index contributed by atoms with van der Waals surface area (Å²) in [6.07, 6.45) is 3.35. The van der Waals surface area contributed by atoms with Crippen molar-refractivity contribution in [2.45, 2.75) is 12.8 Å². The third kappa shape index (κ3) is 6.27. The van der Waals surface area contributed by atoms with Crippen LogP contribution in [-0.2, 0) is 9.59 Å². The number of nitrogens with one attached hydrogen (secondary N) is 1. The second-order valence-corrected chi connectivity index (χ2v) is 4.63. The van der Waals surface area contributed by atoms with E-state index in [9.17, 15) is 9.59 Å². The molecule has 0 unspecified atom stereocenters. The zero-order valence-electron chi connectivity index (χ0n) is 10.0. The molecule has 0 aliphatic carbocycles. The number of rotatable bonds is 6. The highest BCUT2D eigenvalue weighted by atomic mass is 35.5. The van der Waals surface area contributed by atoms with Gasteiger partial charge in [0.05, 0.1) is 0 Å². The summed E-state index contributed by atoms with van der Waals surface area (Å²) in [6.45, 7) is 0.323. The molecular weight excluding hydrogens is 289 g/mol. The minimum atomic E-state index is -0.877. The number of carboxylic acid groups (broad SMARTS) is 1. The predicted molar refractivity (Wildman–Crippen MR) is 75.4 cm³/mol. The van der Waals surface area contributed by atoms with Gasteiger partial charge in [0.15, 0.2) is 0 Å². The topological polar surface area (TPSA) is 66.4 Å². The quantitative estimate of drug-likeness (QED) is 0.627. The zero-order valence-corrected chi connectivity index (χ0v) is 11.5. The zero-order chi connectivity index (χ0) is 14.3. The molecule has 0 aliphatic rings. The standard InChI is InChI=1S/C13H13Cl2NO3/c14-10-5-3-9(11(15)8-10)4-6-12(17)16-7-1-2-13(18)19/h3-6,8H,1-2,7H2,(H,16,17)(H,18,19). The van der Waals surface area contributed by atoms with E-state index in [1.54, 1.807) is 24.3 Å². The number of amides is 1. The summed E-state index contributed by atoms with van der Waals surface area (Å²) in [5.41, 5.74) is 0.687. The van der Waals surface area contributed by atoms with Crippen molar-refractivity contribution in [3.63, 3.8) is 0 Å². The molecule has 102 valence electrons. The Labute approximate surface area is 121 Å². The van der Waals surface area contributed by atoms with E-state index in [1.165, 1.54) is 6.08 Å². The number of carbonyl (C=O) groups is 2. The second-order valence-electron chi connectivity index (χ2n) is 3.79. The first-order chi connectivity index (χ1) is 8.99. The van der Waals surface area contributed by atoms with E-state index in [-0.39, 0.29) is 12.3 Å². The minimum Gasteiger partial charge on any atom is -0.481 e. The van der Waals surface area contributed by atoms with Crippen LogP contribution in [0.4, 0.5) is 0 Å². The Hall–Kier alpha value is -1.52. The number of hydrogen-bond donors (Lipinski definition) is 2. The maximum Gasteiger partial charge on any atom is 0.303 e. The maximum atomic E-state index is 11.4. The van der Waals surface area contributed by atoms with Gasteiger partial charge in [-0.15, -0.1) is 0 Å². The van der Waals surface area contributed by atoms with Crippen molar-refractivity contribution in [1.29, 1.82) is 0 Å². The fraction of sp³-hybridized carbons (Fsp3) is 0.231. The van der Waals surface area contributed by atoms with Crippen molar-refractivity contribution in [3.8, 4) is 0 Å². The number of carboxylic acids is 1. The van der Waals surface area contributed by atoms with Crippen LogP contribution in [0.25, 0.3) is 6.08 Å². The molecule has 1 aromatic carbocycles. The van der Waals surface area contributed by atoms with Crippen LogP contribution in [0.2, 0.25) is 10.0 Å². The van der Waals surface area contributed by atoms with Gasteiger partial charge >= 0.3 is 5.97 Å². The molecule has 0 aliphatic heterocycles. The van der Waals surface area contributed by atoms with E-state index in [0.717, 1.165) is 0 Å². The molecule has 19 heavy (non-hydrogen) atoms. The molecule has 0 heterocycles. The number of halogens is 2. The van der Waals surface area contributed by atoms with Crippen LogP contribution >= 0.6 is 23.2 Å². The number of aliphatic carboxylic acids is 1. The molecule has 4 nitrogen and oxygen atoms in total. The first-order valence-electron chi connectivity index (χ1n) is 5.62. The summed E-state index contributed by atoms with van der Waals surface area (Å²) in [4.78, 5) is 21.7. The molecule has 6 heteroatoms. The number of hydrogen-bond acceptors (Lipinski definition) is 2. The molecule has 0 spiro atoms. The predicted octanol–water partition coefficient (Wildman–Crippen LogP) is 2.99. The smallest absolute Gasteiger partial charge is 0.303 e. The Bertz CT molecular complexity index is 501. The van der Waals surface area contributed by atoms with Crippen LogP contribution < -0.4 is 5.32 Å². The summed E-state index contributed by atoms with van der Waals surface area (Å²) >= 11 is 11.7. The normalized spacial score (nSPS) is 10.6. The van der Waals surface area contributed by atoms with Crippen molar-refractivity contribution in [1.82, 2.24) is 5.32 Å². The van der Waals surface area contributed by atoms with E-state index >= 15 is 0 Å². The molecule has 2 N–H and O–H groups in total. The Morgan fingerprint density at radius 2 is 2.05 bits per heavy atom. The Morgan fingerprint density at radius 1 is 1.32 bits per heavy atom. The molecule has 0 fully saturated rings. The molecule has 0 atom stereocenters.